The van der Waals surface area contributed by atoms with Crippen LogP contribution in [0.25, 0.3) is 11.0 Å². The molecule has 1 amide bonds. The first-order valence-electron chi connectivity index (χ1n) is 12.1. The summed E-state index contributed by atoms with van der Waals surface area (Å²) in [6, 6.07) is 11.1. The van der Waals surface area contributed by atoms with Crippen LogP contribution in [0.2, 0.25) is 0 Å². The van der Waals surface area contributed by atoms with Crippen molar-refractivity contribution in [2.24, 2.45) is 0 Å². The number of anilines is 2. The number of likely N-dealkylation sites (N-methyl/N-ethyl adjacent to an activating group) is 2. The van der Waals surface area contributed by atoms with E-state index in [2.05, 4.69) is 5.32 Å². The van der Waals surface area contributed by atoms with Crippen molar-refractivity contribution >= 4 is 28.4 Å². The number of morpholine rings is 1. The molecule has 0 aliphatic carbocycles. The average molecular weight is 497 g/mol. The minimum absolute atomic E-state index is 0.150. The summed E-state index contributed by atoms with van der Waals surface area (Å²) < 4.78 is 24.9. The molecule has 0 radical (unpaired) electrons. The van der Waals surface area contributed by atoms with Crippen molar-refractivity contribution in [3.05, 3.63) is 69.6 Å². The zero-order valence-electron chi connectivity index (χ0n) is 21.1. The fourth-order valence-corrected chi connectivity index (χ4v) is 4.15. The monoisotopic (exact) mass is 496 g/mol. The van der Waals surface area contributed by atoms with Crippen LogP contribution in [0.1, 0.15) is 15.9 Å². The minimum atomic E-state index is -0.298. The van der Waals surface area contributed by atoms with Crippen LogP contribution < -0.4 is 15.6 Å². The molecule has 1 N–H and O–H groups in total. The molecular formula is C27H33FN4O4. The Bertz CT molecular complexity index is 1250. The summed E-state index contributed by atoms with van der Waals surface area (Å²) in [5, 5.41) is 3.65. The van der Waals surface area contributed by atoms with Crippen molar-refractivity contribution in [1.82, 2.24) is 9.80 Å². The first-order valence-corrected chi connectivity index (χ1v) is 12.1. The maximum absolute atomic E-state index is 13.2. The first kappa shape index (κ1) is 25.7. The van der Waals surface area contributed by atoms with Gasteiger partial charge in [-0.15, -0.1) is 0 Å². The quantitative estimate of drug-likeness (QED) is 0.488. The maximum Gasteiger partial charge on any atom is 0.253 e. The minimum Gasteiger partial charge on any atom is -0.440 e. The Morgan fingerprint density at radius 2 is 1.78 bits per heavy atom. The number of carbonyl (C=O) groups excluding carboxylic acids is 1. The zero-order chi connectivity index (χ0) is 25.7. The third kappa shape index (κ3) is 6.22. The third-order valence-corrected chi connectivity index (χ3v) is 6.26. The molecule has 192 valence electrons. The molecule has 36 heavy (non-hydrogen) atoms. The number of hydrogen-bond acceptors (Lipinski definition) is 7. The van der Waals surface area contributed by atoms with Crippen LogP contribution in [0.15, 0.2) is 51.7 Å². The second kappa shape index (κ2) is 11.5. The molecule has 2 heterocycles. The number of hydrogen-bond donors (Lipinski definition) is 1. The maximum atomic E-state index is 13.2. The highest BCUT2D eigenvalue weighted by atomic mass is 19.1. The number of halogens is 1. The summed E-state index contributed by atoms with van der Waals surface area (Å²) in [6.45, 7) is 4.24. The van der Waals surface area contributed by atoms with Crippen LogP contribution in [0.3, 0.4) is 0 Å². The summed E-state index contributed by atoms with van der Waals surface area (Å²) in [6.07, 6.45) is 0.506. The van der Waals surface area contributed by atoms with Crippen molar-refractivity contribution in [3.8, 4) is 0 Å². The van der Waals surface area contributed by atoms with E-state index in [1.165, 1.54) is 18.2 Å². The molecule has 1 aliphatic rings. The van der Waals surface area contributed by atoms with Gasteiger partial charge in [-0.25, -0.2) is 4.39 Å². The third-order valence-electron chi connectivity index (χ3n) is 6.26. The number of nitrogens with zero attached hydrogens (tertiary/aromatic N) is 3. The smallest absolute Gasteiger partial charge is 0.253 e. The number of rotatable bonds is 9. The summed E-state index contributed by atoms with van der Waals surface area (Å²) in [7, 11) is 5.67. The molecule has 0 saturated carbocycles. The molecule has 0 atom stereocenters. The Labute approximate surface area is 210 Å². The van der Waals surface area contributed by atoms with Gasteiger partial charge < -0.3 is 29.2 Å². The molecule has 3 aromatic rings. The molecule has 4 rings (SSSR count). The van der Waals surface area contributed by atoms with Gasteiger partial charge in [-0.1, -0.05) is 0 Å². The van der Waals surface area contributed by atoms with E-state index in [9.17, 15) is 14.0 Å². The van der Waals surface area contributed by atoms with Gasteiger partial charge in [0.2, 0.25) is 0 Å². The van der Waals surface area contributed by atoms with Crippen LogP contribution in [0.4, 0.5) is 16.0 Å². The first-order chi connectivity index (χ1) is 17.3. The molecule has 1 aliphatic heterocycles. The fraction of sp³-hybridized carbons (Fsp3) is 0.407. The lowest BCUT2D eigenvalue weighted by Crippen LogP contribution is -2.36. The molecule has 0 spiro atoms. The van der Waals surface area contributed by atoms with Crippen LogP contribution >= 0.6 is 0 Å². The normalized spacial score (nSPS) is 13.9. The van der Waals surface area contributed by atoms with Gasteiger partial charge in [-0.3, -0.25) is 9.59 Å². The number of fused-ring (bicyclic) bond motifs is 1. The molecule has 0 unspecified atom stereocenters. The Morgan fingerprint density at radius 3 is 2.47 bits per heavy atom. The van der Waals surface area contributed by atoms with Crippen molar-refractivity contribution in [2.45, 2.75) is 6.42 Å². The SMILES string of the molecule is CN(C)CCN(C)C(=O)c1cc(CCNc2ccc(F)cc2)c2oc(N3CCOCC3)cc(=O)c2c1. The molecule has 9 heteroatoms. The predicted octanol–water partition coefficient (Wildman–Crippen LogP) is 3.06. The summed E-state index contributed by atoms with van der Waals surface area (Å²) in [4.78, 5) is 32.1. The van der Waals surface area contributed by atoms with E-state index in [1.807, 2.05) is 30.0 Å². The number of amides is 1. The molecular weight excluding hydrogens is 463 g/mol. The van der Waals surface area contributed by atoms with Crippen LogP contribution in [-0.4, -0.2) is 82.8 Å². The van der Waals surface area contributed by atoms with E-state index < -0.39 is 0 Å². The van der Waals surface area contributed by atoms with Gasteiger partial charge in [0.25, 0.3) is 5.91 Å². The van der Waals surface area contributed by atoms with Gasteiger partial charge in [0.15, 0.2) is 11.3 Å². The van der Waals surface area contributed by atoms with E-state index in [-0.39, 0.29) is 17.2 Å². The fourth-order valence-electron chi connectivity index (χ4n) is 4.15. The van der Waals surface area contributed by atoms with Crippen molar-refractivity contribution < 1.29 is 18.3 Å². The molecule has 1 aromatic heterocycles. The van der Waals surface area contributed by atoms with Gasteiger partial charge in [0.05, 0.1) is 18.6 Å². The highest BCUT2D eigenvalue weighted by molar-refractivity contribution is 5.98. The van der Waals surface area contributed by atoms with Crippen molar-refractivity contribution in [2.75, 3.05) is 77.3 Å². The topological polar surface area (TPSA) is 78.3 Å². The van der Waals surface area contributed by atoms with Gasteiger partial charge in [-0.05, 0) is 62.5 Å². The highest BCUT2D eigenvalue weighted by Crippen LogP contribution is 2.26. The van der Waals surface area contributed by atoms with Crippen molar-refractivity contribution in [1.29, 1.82) is 0 Å². The standard InChI is InChI=1S/C27H33FN4O4/c1-30(2)10-11-31(3)27(34)20-16-19(8-9-29-22-6-4-21(28)5-7-22)26-23(17-20)24(33)18-25(36-26)32-12-14-35-15-13-32/h4-7,16-18,29H,8-15H2,1-3H3. The number of carbonyl (C=O) groups is 1. The Balaban J connectivity index is 1.67. The summed E-state index contributed by atoms with van der Waals surface area (Å²) >= 11 is 0. The van der Waals surface area contributed by atoms with Crippen LogP contribution in [0, 0.1) is 5.82 Å². The van der Waals surface area contributed by atoms with Gasteiger partial charge in [0.1, 0.15) is 11.4 Å². The lowest BCUT2D eigenvalue weighted by Gasteiger charge is -2.27. The van der Waals surface area contributed by atoms with E-state index >= 15 is 0 Å². The van der Waals surface area contributed by atoms with Crippen LogP contribution in [-0.2, 0) is 11.2 Å². The Hall–Kier alpha value is -3.43. The lowest BCUT2D eigenvalue weighted by molar-refractivity contribution is 0.0786. The van der Waals surface area contributed by atoms with Crippen LogP contribution in [0.5, 0.6) is 0 Å². The Kier molecular flexibility index (Phi) is 8.22. The summed E-state index contributed by atoms with van der Waals surface area (Å²) in [5.74, 6) is 0.0578. The van der Waals surface area contributed by atoms with E-state index in [4.69, 9.17) is 9.15 Å². The predicted molar refractivity (Wildman–Crippen MR) is 140 cm³/mol. The van der Waals surface area contributed by atoms with Crippen molar-refractivity contribution in [3.63, 3.8) is 0 Å². The molecule has 8 nitrogen and oxygen atoms in total. The van der Waals surface area contributed by atoms with Gasteiger partial charge in [0, 0.05) is 57.1 Å². The second-order valence-electron chi connectivity index (χ2n) is 9.27. The van der Waals surface area contributed by atoms with E-state index in [0.29, 0.717) is 68.2 Å². The van der Waals surface area contributed by atoms with Gasteiger partial charge in [-0.2, -0.15) is 0 Å². The van der Waals surface area contributed by atoms with E-state index in [1.54, 1.807) is 30.1 Å². The molecule has 1 saturated heterocycles. The Morgan fingerprint density at radius 1 is 1.06 bits per heavy atom. The summed E-state index contributed by atoms with van der Waals surface area (Å²) in [5.41, 5.74) is 2.30. The number of nitrogens with one attached hydrogen (secondary N) is 1. The zero-order valence-corrected chi connectivity index (χ0v) is 21.1. The molecule has 2 aromatic carbocycles. The number of ether oxygens (including phenoxy) is 1. The lowest BCUT2D eigenvalue weighted by atomic mass is 10.0. The van der Waals surface area contributed by atoms with Gasteiger partial charge >= 0.3 is 0 Å². The van der Waals surface area contributed by atoms with E-state index in [0.717, 1.165) is 17.8 Å². The average Bonchev–Trinajstić information content (AvgIpc) is 2.88. The molecule has 0 bridgehead atoms. The molecule has 1 fully saturated rings. The largest absolute Gasteiger partial charge is 0.440 e. The number of benzene rings is 2. The highest BCUT2D eigenvalue weighted by Gasteiger charge is 2.20. The second-order valence-corrected chi connectivity index (χ2v) is 9.27.